The number of pyridine rings is 2. The molecule has 0 bridgehead atoms. The van der Waals surface area contributed by atoms with Crippen LogP contribution in [0.3, 0.4) is 0 Å². The van der Waals surface area contributed by atoms with Crippen LogP contribution in [0.4, 0.5) is 5.82 Å². The molecule has 0 saturated carbocycles. The van der Waals surface area contributed by atoms with E-state index in [4.69, 9.17) is 4.74 Å². The van der Waals surface area contributed by atoms with Gasteiger partial charge in [-0.3, -0.25) is 4.68 Å². The summed E-state index contributed by atoms with van der Waals surface area (Å²) in [6.07, 6.45) is 7.73. The highest BCUT2D eigenvalue weighted by Crippen LogP contribution is 2.31. The highest BCUT2D eigenvalue weighted by Gasteiger charge is 2.14. The fraction of sp³-hybridized carbons (Fsp3) is 0.286. The summed E-state index contributed by atoms with van der Waals surface area (Å²) < 4.78 is 7.35. The highest BCUT2D eigenvalue weighted by atomic mass is 16.5. The van der Waals surface area contributed by atoms with Crippen LogP contribution in [-0.2, 0) is 11.3 Å². The molecule has 0 spiro atoms. The number of aryl methyl sites for hydroxylation is 1. The number of anilines is 1. The molecule has 0 unspecified atom stereocenters. The Morgan fingerprint density at radius 3 is 2.71 bits per heavy atom. The molecule has 0 aromatic carbocycles. The predicted molar refractivity (Wildman–Crippen MR) is 109 cm³/mol. The third-order valence-electron chi connectivity index (χ3n) is 5.19. The summed E-state index contributed by atoms with van der Waals surface area (Å²) >= 11 is 0. The highest BCUT2D eigenvalue weighted by molar-refractivity contribution is 5.95. The predicted octanol–water partition coefficient (Wildman–Crippen LogP) is 3.34. The van der Waals surface area contributed by atoms with Crippen LogP contribution >= 0.6 is 0 Å². The van der Waals surface area contributed by atoms with Gasteiger partial charge in [0.1, 0.15) is 11.5 Å². The van der Waals surface area contributed by atoms with Gasteiger partial charge in [0.05, 0.1) is 19.4 Å². The third kappa shape index (κ3) is 3.03. The average Bonchev–Trinajstić information content (AvgIpc) is 3.41. The van der Waals surface area contributed by atoms with Gasteiger partial charge >= 0.3 is 0 Å². The molecule has 4 aromatic rings. The summed E-state index contributed by atoms with van der Waals surface area (Å²) in [7, 11) is 0. The number of morpholine rings is 1. The first-order valence-electron chi connectivity index (χ1n) is 9.61. The second kappa shape index (κ2) is 7.09. The molecule has 1 fully saturated rings. The van der Waals surface area contributed by atoms with Gasteiger partial charge in [0, 0.05) is 60.4 Å². The van der Waals surface area contributed by atoms with Crippen LogP contribution < -0.4 is 4.90 Å². The Morgan fingerprint density at radius 2 is 1.96 bits per heavy atom. The van der Waals surface area contributed by atoms with Gasteiger partial charge in [0.2, 0.25) is 0 Å². The van der Waals surface area contributed by atoms with Crippen molar-refractivity contribution in [3.63, 3.8) is 0 Å². The van der Waals surface area contributed by atoms with Crippen LogP contribution in [0.25, 0.3) is 33.4 Å². The number of fused-ring (bicyclic) bond motifs is 1. The van der Waals surface area contributed by atoms with Gasteiger partial charge in [0.25, 0.3) is 0 Å². The van der Waals surface area contributed by atoms with Crippen molar-refractivity contribution in [3.05, 3.63) is 49.1 Å². The van der Waals surface area contributed by atoms with Crippen molar-refractivity contribution in [1.29, 1.82) is 0 Å². The van der Waals surface area contributed by atoms with Crippen molar-refractivity contribution in [3.8, 4) is 22.4 Å². The maximum atomic E-state index is 5.42. The molecule has 28 heavy (non-hydrogen) atoms. The van der Waals surface area contributed by atoms with Crippen LogP contribution in [0.1, 0.15) is 6.92 Å². The molecule has 0 atom stereocenters. The molecule has 0 aliphatic carbocycles. The molecule has 5 heterocycles. The molecular formula is C21H22N6O. The van der Waals surface area contributed by atoms with Gasteiger partial charge < -0.3 is 14.6 Å². The lowest BCUT2D eigenvalue weighted by Gasteiger charge is -2.27. The quantitative estimate of drug-likeness (QED) is 0.593. The summed E-state index contributed by atoms with van der Waals surface area (Å²) in [5, 5.41) is 5.49. The van der Waals surface area contributed by atoms with Gasteiger partial charge in [-0.25, -0.2) is 9.97 Å². The minimum absolute atomic E-state index is 0.758. The Bertz CT molecular complexity index is 1090. The monoisotopic (exact) mass is 374 g/mol. The maximum absolute atomic E-state index is 5.42. The Hall–Kier alpha value is -3.19. The lowest BCUT2D eigenvalue weighted by molar-refractivity contribution is 0.122. The van der Waals surface area contributed by atoms with Gasteiger partial charge in [-0.05, 0) is 36.8 Å². The fourth-order valence-electron chi connectivity index (χ4n) is 3.63. The van der Waals surface area contributed by atoms with Crippen LogP contribution in [0.2, 0.25) is 0 Å². The number of hydrogen-bond donors (Lipinski definition) is 1. The van der Waals surface area contributed by atoms with Crippen molar-refractivity contribution >= 4 is 16.9 Å². The van der Waals surface area contributed by atoms with Crippen molar-refractivity contribution < 1.29 is 4.74 Å². The molecular weight excluding hydrogens is 352 g/mol. The maximum Gasteiger partial charge on any atom is 0.138 e. The van der Waals surface area contributed by atoms with E-state index in [2.05, 4.69) is 56.3 Å². The van der Waals surface area contributed by atoms with E-state index in [0.29, 0.717) is 0 Å². The minimum Gasteiger partial charge on any atom is -0.378 e. The standard InChI is InChI=1S/C21H22N6O/c1-2-27-14-16(13-24-27)17-5-6-22-21-18(17)11-19(25-21)15-3-4-20(23-12-15)26-7-9-28-10-8-26/h3-6,11-14H,2,7-10H2,1H3,(H,22,25). The number of nitrogens with one attached hydrogen (secondary N) is 1. The first-order chi connectivity index (χ1) is 13.8. The molecule has 7 nitrogen and oxygen atoms in total. The second-order valence-electron chi connectivity index (χ2n) is 6.89. The van der Waals surface area contributed by atoms with E-state index in [-0.39, 0.29) is 0 Å². The second-order valence-corrected chi connectivity index (χ2v) is 6.89. The number of nitrogens with zero attached hydrogens (tertiary/aromatic N) is 5. The van der Waals surface area contributed by atoms with Crippen molar-refractivity contribution in [2.75, 3.05) is 31.2 Å². The minimum atomic E-state index is 0.758. The van der Waals surface area contributed by atoms with Gasteiger partial charge in [-0.1, -0.05) is 0 Å². The number of ether oxygens (including phenoxy) is 1. The molecule has 142 valence electrons. The smallest absolute Gasteiger partial charge is 0.138 e. The van der Waals surface area contributed by atoms with E-state index < -0.39 is 0 Å². The van der Waals surface area contributed by atoms with Gasteiger partial charge in [-0.15, -0.1) is 0 Å². The first kappa shape index (κ1) is 16.9. The number of aromatic nitrogens is 5. The lowest BCUT2D eigenvalue weighted by Crippen LogP contribution is -2.36. The Morgan fingerprint density at radius 1 is 1.07 bits per heavy atom. The van der Waals surface area contributed by atoms with Gasteiger partial charge in [-0.2, -0.15) is 5.10 Å². The zero-order chi connectivity index (χ0) is 18.9. The summed E-state index contributed by atoms with van der Waals surface area (Å²) in [6, 6.07) is 8.37. The van der Waals surface area contributed by atoms with Crippen LogP contribution in [0.15, 0.2) is 49.1 Å². The Balaban J connectivity index is 1.49. The zero-order valence-corrected chi connectivity index (χ0v) is 15.8. The number of rotatable bonds is 4. The van der Waals surface area contributed by atoms with E-state index in [1.165, 1.54) is 0 Å². The summed E-state index contributed by atoms with van der Waals surface area (Å²) in [6.45, 7) is 6.23. The SMILES string of the molecule is CCn1cc(-c2ccnc3[nH]c(-c4ccc(N5CCOCC5)nc4)cc23)cn1. The summed E-state index contributed by atoms with van der Waals surface area (Å²) in [5.41, 5.74) is 5.16. The van der Waals surface area contributed by atoms with E-state index in [1.54, 1.807) is 0 Å². The number of hydrogen-bond acceptors (Lipinski definition) is 5. The average molecular weight is 374 g/mol. The number of aromatic amines is 1. The topological polar surface area (TPSA) is 71.9 Å². The largest absolute Gasteiger partial charge is 0.378 e. The number of H-pyrrole nitrogens is 1. The van der Waals surface area contributed by atoms with Crippen molar-refractivity contribution in [1.82, 2.24) is 24.7 Å². The third-order valence-corrected chi connectivity index (χ3v) is 5.19. The molecule has 4 aromatic heterocycles. The van der Waals surface area contributed by atoms with E-state index in [1.807, 2.05) is 29.3 Å². The molecule has 1 aliphatic heterocycles. The Labute approximate surface area is 163 Å². The van der Waals surface area contributed by atoms with Crippen molar-refractivity contribution in [2.24, 2.45) is 0 Å². The van der Waals surface area contributed by atoms with E-state index in [0.717, 1.165) is 72.1 Å². The molecule has 1 saturated heterocycles. The van der Waals surface area contributed by atoms with E-state index in [9.17, 15) is 0 Å². The van der Waals surface area contributed by atoms with Crippen LogP contribution in [0, 0.1) is 0 Å². The Kier molecular flexibility index (Phi) is 4.29. The zero-order valence-electron chi connectivity index (χ0n) is 15.8. The molecule has 5 rings (SSSR count). The molecule has 7 heteroatoms. The first-order valence-corrected chi connectivity index (χ1v) is 9.61. The van der Waals surface area contributed by atoms with Gasteiger partial charge in [0.15, 0.2) is 0 Å². The van der Waals surface area contributed by atoms with E-state index >= 15 is 0 Å². The van der Waals surface area contributed by atoms with Crippen LogP contribution in [-0.4, -0.2) is 51.0 Å². The molecule has 1 N–H and O–H groups in total. The summed E-state index contributed by atoms with van der Waals surface area (Å²) in [5.74, 6) is 0.994. The normalized spacial score (nSPS) is 14.7. The molecule has 0 amide bonds. The lowest BCUT2D eigenvalue weighted by atomic mass is 10.1. The molecule has 1 aliphatic rings. The fourth-order valence-corrected chi connectivity index (χ4v) is 3.63. The van der Waals surface area contributed by atoms with Crippen molar-refractivity contribution in [2.45, 2.75) is 13.5 Å². The molecule has 0 radical (unpaired) electrons. The van der Waals surface area contributed by atoms with Crippen LogP contribution in [0.5, 0.6) is 0 Å². The summed E-state index contributed by atoms with van der Waals surface area (Å²) in [4.78, 5) is 14.9.